The van der Waals surface area contributed by atoms with Crippen LogP contribution in [0.4, 0.5) is 0 Å². The van der Waals surface area contributed by atoms with Gasteiger partial charge < -0.3 is 4.74 Å². The van der Waals surface area contributed by atoms with Crippen LogP contribution in [0.5, 0.6) is 0 Å². The SMILES string of the molecule is C=CCC(CC/C=C/c1ccccc1)OCc1ccccc1. The van der Waals surface area contributed by atoms with E-state index >= 15 is 0 Å². The molecule has 114 valence electrons. The van der Waals surface area contributed by atoms with Crippen molar-refractivity contribution in [3.05, 3.63) is 90.5 Å². The first-order valence-corrected chi connectivity index (χ1v) is 7.86. The van der Waals surface area contributed by atoms with E-state index in [0.29, 0.717) is 6.61 Å². The van der Waals surface area contributed by atoms with Gasteiger partial charge in [0.1, 0.15) is 0 Å². The molecule has 0 aromatic heterocycles. The van der Waals surface area contributed by atoms with Crippen LogP contribution in [-0.4, -0.2) is 6.10 Å². The molecule has 0 amide bonds. The van der Waals surface area contributed by atoms with Crippen LogP contribution in [0, 0.1) is 0 Å². The lowest BCUT2D eigenvalue weighted by Gasteiger charge is -2.15. The van der Waals surface area contributed by atoms with Crippen LogP contribution in [0.25, 0.3) is 6.08 Å². The van der Waals surface area contributed by atoms with Crippen LogP contribution in [0.3, 0.4) is 0 Å². The quantitative estimate of drug-likeness (QED) is 0.543. The van der Waals surface area contributed by atoms with E-state index < -0.39 is 0 Å². The Morgan fingerprint density at radius 1 is 0.955 bits per heavy atom. The van der Waals surface area contributed by atoms with E-state index in [2.05, 4.69) is 55.1 Å². The predicted molar refractivity (Wildman–Crippen MR) is 94.5 cm³/mol. The van der Waals surface area contributed by atoms with Crippen molar-refractivity contribution in [2.45, 2.75) is 32.0 Å². The summed E-state index contributed by atoms with van der Waals surface area (Å²) in [5.74, 6) is 0. The Labute approximate surface area is 134 Å². The molecule has 0 fully saturated rings. The van der Waals surface area contributed by atoms with Crippen molar-refractivity contribution in [2.24, 2.45) is 0 Å². The van der Waals surface area contributed by atoms with E-state index in [4.69, 9.17) is 4.74 Å². The van der Waals surface area contributed by atoms with Gasteiger partial charge in [-0.2, -0.15) is 0 Å². The summed E-state index contributed by atoms with van der Waals surface area (Å²) >= 11 is 0. The second kappa shape index (κ2) is 9.75. The average Bonchev–Trinajstić information content (AvgIpc) is 2.58. The smallest absolute Gasteiger partial charge is 0.0720 e. The third-order valence-corrected chi connectivity index (χ3v) is 3.52. The van der Waals surface area contributed by atoms with Gasteiger partial charge in [-0.3, -0.25) is 0 Å². The van der Waals surface area contributed by atoms with Gasteiger partial charge in [0.15, 0.2) is 0 Å². The molecule has 2 rings (SSSR count). The lowest BCUT2D eigenvalue weighted by molar-refractivity contribution is 0.0378. The zero-order valence-corrected chi connectivity index (χ0v) is 13.0. The molecule has 0 N–H and O–H groups in total. The number of allylic oxidation sites excluding steroid dienone is 1. The highest BCUT2D eigenvalue weighted by Gasteiger charge is 2.06. The molecule has 0 radical (unpaired) electrons. The molecule has 0 bridgehead atoms. The Kier molecular flexibility index (Phi) is 7.20. The molecule has 0 aliphatic carbocycles. The van der Waals surface area contributed by atoms with Gasteiger partial charge in [-0.15, -0.1) is 6.58 Å². The highest BCUT2D eigenvalue weighted by Crippen LogP contribution is 2.13. The van der Waals surface area contributed by atoms with Crippen LogP contribution in [-0.2, 0) is 11.3 Å². The van der Waals surface area contributed by atoms with Crippen molar-refractivity contribution in [3.63, 3.8) is 0 Å². The van der Waals surface area contributed by atoms with Crippen molar-refractivity contribution in [1.29, 1.82) is 0 Å². The monoisotopic (exact) mass is 292 g/mol. The van der Waals surface area contributed by atoms with Crippen LogP contribution < -0.4 is 0 Å². The Bertz CT molecular complexity index is 557. The third-order valence-electron chi connectivity index (χ3n) is 3.52. The first kappa shape index (κ1) is 16.3. The van der Waals surface area contributed by atoms with Gasteiger partial charge in [0.05, 0.1) is 12.7 Å². The summed E-state index contributed by atoms with van der Waals surface area (Å²) < 4.78 is 6.02. The summed E-state index contributed by atoms with van der Waals surface area (Å²) in [7, 11) is 0. The van der Waals surface area contributed by atoms with Gasteiger partial charge in [-0.25, -0.2) is 0 Å². The molecule has 0 saturated carbocycles. The number of rotatable bonds is 9. The summed E-state index contributed by atoms with van der Waals surface area (Å²) in [5.41, 5.74) is 2.46. The van der Waals surface area contributed by atoms with Crippen molar-refractivity contribution in [3.8, 4) is 0 Å². The maximum Gasteiger partial charge on any atom is 0.0720 e. The fraction of sp³-hybridized carbons (Fsp3) is 0.238. The van der Waals surface area contributed by atoms with Crippen molar-refractivity contribution in [1.82, 2.24) is 0 Å². The number of benzene rings is 2. The minimum atomic E-state index is 0.234. The Balaban J connectivity index is 1.76. The molecule has 1 atom stereocenters. The maximum absolute atomic E-state index is 6.02. The summed E-state index contributed by atoms with van der Waals surface area (Å²) in [4.78, 5) is 0. The number of ether oxygens (including phenoxy) is 1. The number of hydrogen-bond acceptors (Lipinski definition) is 1. The third kappa shape index (κ3) is 6.11. The normalized spacial score (nSPS) is 12.4. The minimum absolute atomic E-state index is 0.234. The van der Waals surface area contributed by atoms with Crippen LogP contribution in [0.15, 0.2) is 79.4 Å². The fourth-order valence-corrected chi connectivity index (χ4v) is 2.31. The summed E-state index contributed by atoms with van der Waals surface area (Å²) in [5, 5.41) is 0. The molecule has 0 aliphatic rings. The molecule has 1 heteroatoms. The van der Waals surface area contributed by atoms with Crippen LogP contribution in [0.2, 0.25) is 0 Å². The largest absolute Gasteiger partial charge is 0.373 e. The lowest BCUT2D eigenvalue weighted by Crippen LogP contribution is -2.11. The first-order valence-electron chi connectivity index (χ1n) is 7.86. The van der Waals surface area contributed by atoms with Gasteiger partial charge >= 0.3 is 0 Å². The fourth-order valence-electron chi connectivity index (χ4n) is 2.31. The van der Waals surface area contributed by atoms with E-state index in [9.17, 15) is 0 Å². The minimum Gasteiger partial charge on any atom is -0.373 e. The van der Waals surface area contributed by atoms with Gasteiger partial charge in [0.25, 0.3) is 0 Å². The lowest BCUT2D eigenvalue weighted by atomic mass is 10.1. The second-order valence-electron chi connectivity index (χ2n) is 5.33. The zero-order chi connectivity index (χ0) is 15.5. The Morgan fingerprint density at radius 2 is 1.64 bits per heavy atom. The van der Waals surface area contributed by atoms with E-state index in [0.717, 1.165) is 19.3 Å². The zero-order valence-electron chi connectivity index (χ0n) is 13.0. The molecule has 1 unspecified atom stereocenters. The molecule has 1 nitrogen and oxygen atoms in total. The topological polar surface area (TPSA) is 9.23 Å². The maximum atomic E-state index is 6.02. The summed E-state index contributed by atoms with van der Waals surface area (Å²) in [6.07, 6.45) is 9.49. The molecule has 0 spiro atoms. The van der Waals surface area contributed by atoms with E-state index in [1.165, 1.54) is 11.1 Å². The average molecular weight is 292 g/mol. The van der Waals surface area contributed by atoms with E-state index in [1.54, 1.807) is 0 Å². The Morgan fingerprint density at radius 3 is 2.32 bits per heavy atom. The molecule has 2 aromatic carbocycles. The van der Waals surface area contributed by atoms with Gasteiger partial charge in [-0.1, -0.05) is 78.9 Å². The number of hydrogen-bond donors (Lipinski definition) is 0. The Hall–Kier alpha value is -2.12. The molecular weight excluding hydrogens is 268 g/mol. The first-order chi connectivity index (χ1) is 10.9. The highest BCUT2D eigenvalue weighted by atomic mass is 16.5. The molecule has 0 saturated heterocycles. The summed E-state index contributed by atoms with van der Waals surface area (Å²) in [6.45, 7) is 4.50. The van der Waals surface area contributed by atoms with Crippen molar-refractivity contribution < 1.29 is 4.74 Å². The van der Waals surface area contributed by atoms with E-state index in [-0.39, 0.29) is 6.10 Å². The van der Waals surface area contributed by atoms with Crippen molar-refractivity contribution in [2.75, 3.05) is 0 Å². The second-order valence-corrected chi connectivity index (χ2v) is 5.33. The summed E-state index contributed by atoms with van der Waals surface area (Å²) in [6, 6.07) is 20.7. The van der Waals surface area contributed by atoms with E-state index in [1.807, 2.05) is 30.3 Å². The van der Waals surface area contributed by atoms with Crippen LogP contribution >= 0.6 is 0 Å². The standard InChI is InChI=1S/C21H24O/c1-2-11-21(22-18-20-15-7-4-8-16-20)17-10-9-14-19-12-5-3-6-13-19/h2-9,12-16,21H,1,10-11,17-18H2/b14-9+. The highest BCUT2D eigenvalue weighted by molar-refractivity contribution is 5.48. The molecular formula is C21H24O. The van der Waals surface area contributed by atoms with Gasteiger partial charge in [0.2, 0.25) is 0 Å². The van der Waals surface area contributed by atoms with Gasteiger partial charge in [-0.05, 0) is 30.4 Å². The predicted octanol–water partition coefficient (Wildman–Crippen LogP) is 5.64. The molecule has 22 heavy (non-hydrogen) atoms. The molecule has 0 aliphatic heterocycles. The van der Waals surface area contributed by atoms with Gasteiger partial charge in [0, 0.05) is 0 Å². The van der Waals surface area contributed by atoms with Crippen molar-refractivity contribution >= 4 is 6.08 Å². The molecule has 2 aromatic rings. The van der Waals surface area contributed by atoms with Crippen LogP contribution in [0.1, 0.15) is 30.4 Å². The molecule has 0 heterocycles.